The maximum absolute atomic E-state index is 11.6. The van der Waals surface area contributed by atoms with E-state index in [-0.39, 0.29) is 5.97 Å². The molecule has 0 spiro atoms. The molecule has 2 N–H and O–H groups in total. The van der Waals surface area contributed by atoms with E-state index in [2.05, 4.69) is 18.9 Å². The number of carbonyl (C=O) groups is 1. The van der Waals surface area contributed by atoms with Crippen LogP contribution in [0.3, 0.4) is 0 Å². The van der Waals surface area contributed by atoms with Crippen molar-refractivity contribution < 1.29 is 9.53 Å². The van der Waals surface area contributed by atoms with E-state index >= 15 is 0 Å². The van der Waals surface area contributed by atoms with Crippen LogP contribution in [0.25, 0.3) is 0 Å². The van der Waals surface area contributed by atoms with Gasteiger partial charge in [0.05, 0.1) is 23.5 Å². The molecule has 0 heterocycles. The molecule has 0 radical (unpaired) electrons. The van der Waals surface area contributed by atoms with Crippen LogP contribution in [0.2, 0.25) is 0 Å². The van der Waals surface area contributed by atoms with Crippen LogP contribution in [0.1, 0.15) is 37.0 Å². The lowest BCUT2D eigenvalue weighted by Gasteiger charge is -2.28. The van der Waals surface area contributed by atoms with Gasteiger partial charge in [-0.3, -0.25) is 0 Å². The number of carbonyl (C=O) groups excluding carboxylic acids is 1. The van der Waals surface area contributed by atoms with Gasteiger partial charge in [-0.1, -0.05) is 0 Å². The lowest BCUT2D eigenvalue weighted by Crippen LogP contribution is -2.31. The Morgan fingerprint density at radius 2 is 2.21 bits per heavy atom. The number of benzene rings is 1. The first-order chi connectivity index (χ1) is 9.04. The molecule has 4 nitrogen and oxygen atoms in total. The van der Waals surface area contributed by atoms with Crippen molar-refractivity contribution in [3.05, 3.63) is 23.8 Å². The van der Waals surface area contributed by atoms with Gasteiger partial charge in [0.25, 0.3) is 0 Å². The van der Waals surface area contributed by atoms with Crippen molar-refractivity contribution in [1.82, 2.24) is 0 Å². The van der Waals surface area contributed by atoms with E-state index in [4.69, 9.17) is 10.5 Å². The molecule has 104 valence electrons. The zero-order chi connectivity index (χ0) is 14.0. The van der Waals surface area contributed by atoms with Gasteiger partial charge in [0, 0.05) is 13.1 Å². The highest BCUT2D eigenvalue weighted by atomic mass is 16.5. The Balaban J connectivity index is 2.16. The molecule has 1 aromatic rings. The largest absolute Gasteiger partial charge is 0.462 e. The van der Waals surface area contributed by atoms with Gasteiger partial charge in [-0.15, -0.1) is 0 Å². The molecule has 1 aliphatic rings. The number of esters is 1. The monoisotopic (exact) mass is 262 g/mol. The summed E-state index contributed by atoms with van der Waals surface area (Å²) in [5.41, 5.74) is 8.18. The molecular formula is C15H22N2O2. The number of nitrogens with zero attached hydrogens (tertiary/aromatic N) is 1. The van der Waals surface area contributed by atoms with Crippen molar-refractivity contribution in [2.45, 2.75) is 32.7 Å². The van der Waals surface area contributed by atoms with Gasteiger partial charge in [0.15, 0.2) is 0 Å². The van der Waals surface area contributed by atoms with Crippen LogP contribution >= 0.6 is 0 Å². The van der Waals surface area contributed by atoms with Gasteiger partial charge in [-0.25, -0.2) is 4.79 Å². The first-order valence-corrected chi connectivity index (χ1v) is 6.84. The van der Waals surface area contributed by atoms with Gasteiger partial charge in [-0.2, -0.15) is 0 Å². The van der Waals surface area contributed by atoms with E-state index in [0.29, 0.717) is 23.9 Å². The molecule has 1 aliphatic carbocycles. The summed E-state index contributed by atoms with van der Waals surface area (Å²) < 4.78 is 4.97. The van der Waals surface area contributed by atoms with E-state index in [1.54, 1.807) is 19.1 Å². The molecule has 1 atom stereocenters. The second-order valence-corrected chi connectivity index (χ2v) is 5.18. The van der Waals surface area contributed by atoms with Crippen molar-refractivity contribution in [1.29, 1.82) is 0 Å². The molecule has 0 aliphatic heterocycles. The number of ether oxygens (including phenoxy) is 1. The molecule has 1 aromatic carbocycles. The lowest BCUT2D eigenvalue weighted by molar-refractivity contribution is 0.0526. The standard InChI is InChI=1S/C15H22N2O2/c1-4-19-15(18)12-7-8-14(13(16)9-12)17(3)10(2)11-5-6-11/h7-11H,4-6,16H2,1-3H3. The Hall–Kier alpha value is -1.71. The molecule has 19 heavy (non-hydrogen) atoms. The van der Waals surface area contributed by atoms with E-state index in [0.717, 1.165) is 11.6 Å². The topological polar surface area (TPSA) is 55.6 Å². The van der Waals surface area contributed by atoms with Crippen molar-refractivity contribution in [2.24, 2.45) is 5.92 Å². The highest BCUT2D eigenvalue weighted by Gasteiger charge is 2.31. The molecule has 1 saturated carbocycles. The normalized spacial score (nSPS) is 15.9. The maximum Gasteiger partial charge on any atom is 0.338 e. The summed E-state index contributed by atoms with van der Waals surface area (Å²) >= 11 is 0. The molecule has 0 saturated heterocycles. The minimum absolute atomic E-state index is 0.321. The van der Waals surface area contributed by atoms with Crippen molar-refractivity contribution >= 4 is 17.3 Å². The van der Waals surface area contributed by atoms with Crippen LogP contribution < -0.4 is 10.6 Å². The van der Waals surface area contributed by atoms with Crippen LogP contribution in [-0.2, 0) is 4.74 Å². The Morgan fingerprint density at radius 1 is 1.53 bits per heavy atom. The van der Waals surface area contributed by atoms with Crippen LogP contribution in [0.4, 0.5) is 11.4 Å². The van der Waals surface area contributed by atoms with Crippen LogP contribution in [0.5, 0.6) is 0 Å². The summed E-state index contributed by atoms with van der Waals surface area (Å²) in [4.78, 5) is 13.8. The molecule has 2 rings (SSSR count). The summed E-state index contributed by atoms with van der Waals surface area (Å²) in [6.45, 7) is 4.39. The molecular weight excluding hydrogens is 240 g/mol. The second-order valence-electron chi connectivity index (χ2n) is 5.18. The molecule has 0 bridgehead atoms. The third kappa shape index (κ3) is 3.00. The summed E-state index contributed by atoms with van der Waals surface area (Å²) in [6, 6.07) is 5.86. The fraction of sp³-hybridized carbons (Fsp3) is 0.533. The summed E-state index contributed by atoms with van der Waals surface area (Å²) in [5.74, 6) is 0.452. The zero-order valence-electron chi connectivity index (χ0n) is 11.8. The van der Waals surface area contributed by atoms with Crippen molar-refractivity contribution in [3.8, 4) is 0 Å². The van der Waals surface area contributed by atoms with Crippen LogP contribution in [-0.4, -0.2) is 25.7 Å². The molecule has 1 unspecified atom stereocenters. The molecule has 1 fully saturated rings. The Labute approximate surface area is 114 Å². The number of nitrogens with two attached hydrogens (primary N) is 1. The van der Waals surface area contributed by atoms with Gasteiger partial charge in [0.1, 0.15) is 0 Å². The van der Waals surface area contributed by atoms with E-state index < -0.39 is 0 Å². The first-order valence-electron chi connectivity index (χ1n) is 6.84. The highest BCUT2D eigenvalue weighted by molar-refractivity contribution is 5.92. The Bertz CT molecular complexity index is 469. The quantitative estimate of drug-likeness (QED) is 0.654. The number of rotatable bonds is 5. The zero-order valence-corrected chi connectivity index (χ0v) is 11.8. The van der Waals surface area contributed by atoms with Gasteiger partial charge in [0.2, 0.25) is 0 Å². The SMILES string of the molecule is CCOC(=O)c1ccc(N(C)C(C)C2CC2)c(N)c1. The maximum atomic E-state index is 11.6. The number of nitrogen functional groups attached to an aromatic ring is 1. The summed E-state index contributed by atoms with van der Waals surface area (Å²) in [5, 5.41) is 0. The molecule has 0 amide bonds. The lowest BCUT2D eigenvalue weighted by atomic mass is 10.1. The van der Waals surface area contributed by atoms with E-state index in [1.807, 2.05) is 6.07 Å². The van der Waals surface area contributed by atoms with Crippen molar-refractivity contribution in [3.63, 3.8) is 0 Å². The minimum Gasteiger partial charge on any atom is -0.462 e. The van der Waals surface area contributed by atoms with Gasteiger partial charge >= 0.3 is 5.97 Å². The Morgan fingerprint density at radius 3 is 2.74 bits per heavy atom. The summed E-state index contributed by atoms with van der Waals surface area (Å²) in [7, 11) is 2.05. The molecule has 4 heteroatoms. The minimum atomic E-state index is -0.321. The highest BCUT2D eigenvalue weighted by Crippen LogP contribution is 2.37. The van der Waals surface area contributed by atoms with Crippen LogP contribution in [0, 0.1) is 5.92 Å². The van der Waals surface area contributed by atoms with Gasteiger partial charge < -0.3 is 15.4 Å². The fourth-order valence-electron chi connectivity index (χ4n) is 2.33. The van der Waals surface area contributed by atoms with E-state index in [9.17, 15) is 4.79 Å². The average molecular weight is 262 g/mol. The van der Waals surface area contributed by atoms with Crippen molar-refractivity contribution in [2.75, 3.05) is 24.3 Å². The Kier molecular flexibility index (Phi) is 3.98. The number of hydrogen-bond donors (Lipinski definition) is 1. The fourth-order valence-corrected chi connectivity index (χ4v) is 2.33. The predicted molar refractivity (Wildman–Crippen MR) is 77.4 cm³/mol. The smallest absolute Gasteiger partial charge is 0.338 e. The predicted octanol–water partition coefficient (Wildman–Crippen LogP) is 2.68. The molecule has 0 aromatic heterocycles. The summed E-state index contributed by atoms with van der Waals surface area (Å²) in [6.07, 6.45) is 2.60. The van der Waals surface area contributed by atoms with E-state index in [1.165, 1.54) is 12.8 Å². The first kappa shape index (κ1) is 13.7. The van der Waals surface area contributed by atoms with Gasteiger partial charge in [-0.05, 0) is 50.8 Å². The number of anilines is 2. The third-order valence-corrected chi connectivity index (χ3v) is 3.83. The number of hydrogen-bond acceptors (Lipinski definition) is 4. The average Bonchev–Trinajstić information content (AvgIpc) is 3.21. The second kappa shape index (κ2) is 5.51. The van der Waals surface area contributed by atoms with Crippen LogP contribution in [0.15, 0.2) is 18.2 Å². The third-order valence-electron chi connectivity index (χ3n) is 3.83.